The first kappa shape index (κ1) is 10.1. The highest BCUT2D eigenvalue weighted by atomic mass is 16.4. The molecule has 4 heteroatoms. The SMILES string of the molecule is O=C(O)[C@H]1CCC(=O)N(C2CC2)[C@@H]1C1CC1. The second-order valence-electron chi connectivity index (χ2n) is 5.34. The fraction of sp³-hybridized carbons (Fsp3) is 0.833. The van der Waals surface area contributed by atoms with Gasteiger partial charge in [-0.3, -0.25) is 9.59 Å². The van der Waals surface area contributed by atoms with E-state index in [1.165, 1.54) is 0 Å². The van der Waals surface area contributed by atoms with E-state index in [9.17, 15) is 14.7 Å². The molecule has 2 saturated carbocycles. The van der Waals surface area contributed by atoms with Crippen LogP contribution < -0.4 is 0 Å². The summed E-state index contributed by atoms with van der Waals surface area (Å²) in [6.07, 6.45) is 5.31. The molecular weight excluding hydrogens is 206 g/mol. The maximum Gasteiger partial charge on any atom is 0.308 e. The number of hydrogen-bond acceptors (Lipinski definition) is 2. The lowest BCUT2D eigenvalue weighted by atomic mass is 9.85. The normalized spacial score (nSPS) is 35.2. The molecule has 0 unspecified atom stereocenters. The van der Waals surface area contributed by atoms with E-state index in [0.717, 1.165) is 25.7 Å². The van der Waals surface area contributed by atoms with Crippen molar-refractivity contribution in [3.8, 4) is 0 Å². The summed E-state index contributed by atoms with van der Waals surface area (Å²) in [5, 5.41) is 9.25. The average molecular weight is 223 g/mol. The maximum absolute atomic E-state index is 11.9. The summed E-state index contributed by atoms with van der Waals surface area (Å²) in [6, 6.07) is 0.367. The summed E-state index contributed by atoms with van der Waals surface area (Å²) in [5.41, 5.74) is 0. The fourth-order valence-electron chi connectivity index (χ4n) is 3.00. The molecule has 0 bridgehead atoms. The Morgan fingerprint density at radius 1 is 1.19 bits per heavy atom. The standard InChI is InChI=1S/C12H17NO3/c14-10-6-5-9(12(15)16)11(7-1-2-7)13(10)8-3-4-8/h7-9,11H,1-6H2,(H,15,16)/t9-,11+/m0/s1. The van der Waals surface area contributed by atoms with Gasteiger partial charge in [-0.25, -0.2) is 0 Å². The summed E-state index contributed by atoms with van der Waals surface area (Å²) in [5.74, 6) is -0.372. The number of piperidine rings is 1. The Morgan fingerprint density at radius 2 is 1.88 bits per heavy atom. The Balaban J connectivity index is 1.86. The molecule has 3 aliphatic rings. The van der Waals surface area contributed by atoms with E-state index in [4.69, 9.17) is 0 Å². The van der Waals surface area contributed by atoms with Gasteiger partial charge in [0.15, 0.2) is 0 Å². The minimum atomic E-state index is -0.713. The highest BCUT2D eigenvalue weighted by molar-refractivity contribution is 5.82. The zero-order valence-corrected chi connectivity index (χ0v) is 9.26. The lowest BCUT2D eigenvalue weighted by molar-refractivity contribution is -0.153. The molecule has 0 spiro atoms. The van der Waals surface area contributed by atoms with Gasteiger partial charge in [-0.2, -0.15) is 0 Å². The first-order valence-electron chi connectivity index (χ1n) is 6.22. The largest absolute Gasteiger partial charge is 0.481 e. The van der Waals surface area contributed by atoms with Crippen LogP contribution in [0, 0.1) is 11.8 Å². The van der Waals surface area contributed by atoms with Crippen LogP contribution in [0.5, 0.6) is 0 Å². The zero-order valence-electron chi connectivity index (χ0n) is 9.26. The summed E-state index contributed by atoms with van der Waals surface area (Å²) >= 11 is 0. The fourth-order valence-corrected chi connectivity index (χ4v) is 3.00. The smallest absolute Gasteiger partial charge is 0.308 e. The van der Waals surface area contributed by atoms with Crippen molar-refractivity contribution in [3.05, 3.63) is 0 Å². The third-order valence-electron chi connectivity index (χ3n) is 4.05. The molecule has 1 aliphatic heterocycles. The van der Waals surface area contributed by atoms with E-state index < -0.39 is 5.97 Å². The summed E-state index contributed by atoms with van der Waals surface area (Å²) in [7, 11) is 0. The molecule has 1 amide bonds. The van der Waals surface area contributed by atoms with E-state index in [2.05, 4.69) is 0 Å². The lowest BCUT2D eigenvalue weighted by Crippen LogP contribution is -2.53. The van der Waals surface area contributed by atoms with Crippen molar-refractivity contribution < 1.29 is 14.7 Å². The van der Waals surface area contributed by atoms with Crippen molar-refractivity contribution in [2.45, 2.75) is 50.6 Å². The van der Waals surface area contributed by atoms with Crippen molar-refractivity contribution in [3.63, 3.8) is 0 Å². The third kappa shape index (κ3) is 1.60. The molecule has 16 heavy (non-hydrogen) atoms. The second kappa shape index (κ2) is 3.47. The first-order chi connectivity index (χ1) is 7.68. The van der Waals surface area contributed by atoms with Crippen molar-refractivity contribution in [2.24, 2.45) is 11.8 Å². The van der Waals surface area contributed by atoms with E-state index in [1.54, 1.807) is 0 Å². The first-order valence-corrected chi connectivity index (χ1v) is 6.22. The lowest BCUT2D eigenvalue weighted by Gasteiger charge is -2.40. The Labute approximate surface area is 94.6 Å². The maximum atomic E-state index is 11.9. The molecular formula is C12H17NO3. The van der Waals surface area contributed by atoms with Crippen LogP contribution in [0.3, 0.4) is 0 Å². The van der Waals surface area contributed by atoms with Gasteiger partial charge in [0.05, 0.1) is 5.92 Å². The molecule has 0 aromatic carbocycles. The highest BCUT2D eigenvalue weighted by Gasteiger charge is 2.51. The van der Waals surface area contributed by atoms with Crippen LogP contribution in [-0.4, -0.2) is 34.0 Å². The molecule has 0 aromatic rings. The van der Waals surface area contributed by atoms with E-state index >= 15 is 0 Å². The van der Waals surface area contributed by atoms with Gasteiger partial charge in [-0.15, -0.1) is 0 Å². The predicted octanol–water partition coefficient (Wildman–Crippen LogP) is 1.25. The summed E-state index contributed by atoms with van der Waals surface area (Å²) in [6.45, 7) is 0. The Bertz CT molecular complexity index is 333. The number of carboxylic acids is 1. The number of aliphatic carboxylic acids is 1. The Morgan fingerprint density at radius 3 is 2.38 bits per heavy atom. The van der Waals surface area contributed by atoms with Gasteiger partial charge in [0, 0.05) is 18.5 Å². The number of rotatable bonds is 3. The number of amides is 1. The van der Waals surface area contributed by atoms with Crippen molar-refractivity contribution in [1.82, 2.24) is 4.90 Å². The number of carbonyl (C=O) groups is 2. The Hall–Kier alpha value is -1.06. The van der Waals surface area contributed by atoms with Crippen LogP contribution >= 0.6 is 0 Å². The molecule has 1 saturated heterocycles. The number of nitrogens with zero attached hydrogens (tertiary/aromatic N) is 1. The van der Waals surface area contributed by atoms with E-state index in [0.29, 0.717) is 24.8 Å². The predicted molar refractivity (Wildman–Crippen MR) is 56.7 cm³/mol. The van der Waals surface area contributed by atoms with Crippen LogP contribution in [0.4, 0.5) is 0 Å². The van der Waals surface area contributed by atoms with Crippen LogP contribution in [0.15, 0.2) is 0 Å². The number of carbonyl (C=O) groups excluding carboxylic acids is 1. The molecule has 2 atom stereocenters. The van der Waals surface area contributed by atoms with Gasteiger partial charge >= 0.3 is 5.97 Å². The van der Waals surface area contributed by atoms with Crippen LogP contribution in [0.2, 0.25) is 0 Å². The minimum absolute atomic E-state index is 0.00579. The average Bonchev–Trinajstić information content (AvgIpc) is 3.10. The van der Waals surface area contributed by atoms with Crippen LogP contribution in [0.1, 0.15) is 38.5 Å². The van der Waals surface area contributed by atoms with Crippen molar-refractivity contribution in [2.75, 3.05) is 0 Å². The van der Waals surface area contributed by atoms with E-state index in [1.807, 2.05) is 4.90 Å². The van der Waals surface area contributed by atoms with Gasteiger partial charge in [0.2, 0.25) is 5.91 Å². The van der Waals surface area contributed by atoms with E-state index in [-0.39, 0.29) is 17.9 Å². The molecule has 4 nitrogen and oxygen atoms in total. The molecule has 2 aliphatic carbocycles. The zero-order chi connectivity index (χ0) is 11.3. The summed E-state index contributed by atoms with van der Waals surface area (Å²) < 4.78 is 0. The number of carboxylic acid groups (broad SMARTS) is 1. The molecule has 0 aromatic heterocycles. The van der Waals surface area contributed by atoms with Gasteiger partial charge in [-0.1, -0.05) is 0 Å². The monoisotopic (exact) mass is 223 g/mol. The third-order valence-corrected chi connectivity index (χ3v) is 4.05. The topological polar surface area (TPSA) is 57.6 Å². The molecule has 1 heterocycles. The molecule has 1 N–H and O–H groups in total. The highest BCUT2D eigenvalue weighted by Crippen LogP contribution is 2.46. The molecule has 0 radical (unpaired) electrons. The van der Waals surface area contributed by atoms with Crippen LogP contribution in [-0.2, 0) is 9.59 Å². The number of hydrogen-bond donors (Lipinski definition) is 1. The summed E-state index contributed by atoms with van der Waals surface area (Å²) in [4.78, 5) is 25.1. The molecule has 3 rings (SSSR count). The van der Waals surface area contributed by atoms with Crippen molar-refractivity contribution in [1.29, 1.82) is 0 Å². The van der Waals surface area contributed by atoms with Crippen molar-refractivity contribution >= 4 is 11.9 Å². The Kier molecular flexibility index (Phi) is 2.19. The molecule has 88 valence electrons. The second-order valence-corrected chi connectivity index (χ2v) is 5.34. The van der Waals surface area contributed by atoms with Crippen LogP contribution in [0.25, 0.3) is 0 Å². The van der Waals surface area contributed by atoms with Gasteiger partial charge in [0.1, 0.15) is 0 Å². The van der Waals surface area contributed by atoms with Gasteiger partial charge < -0.3 is 10.0 Å². The molecule has 3 fully saturated rings. The van der Waals surface area contributed by atoms with Gasteiger partial charge in [0.25, 0.3) is 0 Å². The number of likely N-dealkylation sites (tertiary alicyclic amines) is 1. The minimum Gasteiger partial charge on any atom is -0.481 e. The quantitative estimate of drug-likeness (QED) is 0.783. The van der Waals surface area contributed by atoms with Gasteiger partial charge in [-0.05, 0) is 38.0 Å².